The largest absolute Gasteiger partial charge is 0.444 e. The van der Waals surface area contributed by atoms with Crippen molar-refractivity contribution >= 4 is 111 Å². The number of hydrogen-bond donors (Lipinski definition) is 7. The second kappa shape index (κ2) is 46.6. The van der Waals surface area contributed by atoms with Gasteiger partial charge < -0.3 is 66.1 Å². The summed E-state index contributed by atoms with van der Waals surface area (Å²) in [5.74, 6) is 0.00835. The smallest absolute Gasteiger partial charge is 0.407 e. The summed E-state index contributed by atoms with van der Waals surface area (Å²) in [6.07, 6.45) is 8.28. The summed E-state index contributed by atoms with van der Waals surface area (Å²) in [4.78, 5) is 117. The molecule has 0 spiro atoms. The summed E-state index contributed by atoms with van der Waals surface area (Å²) in [6, 6.07) is 36.0. The van der Waals surface area contributed by atoms with Gasteiger partial charge in [-0.15, -0.1) is 69.3 Å². The average molecular weight is 1650 g/mol. The highest BCUT2D eigenvalue weighted by molar-refractivity contribution is 14.0. The number of aromatic nitrogens is 4. The van der Waals surface area contributed by atoms with Crippen LogP contribution in [0.4, 0.5) is 24.0 Å². The number of ether oxygens (including phenoxy) is 3. The van der Waals surface area contributed by atoms with Crippen LogP contribution in [0.2, 0.25) is 0 Å². The van der Waals surface area contributed by atoms with Crippen molar-refractivity contribution in [3.63, 3.8) is 0 Å². The van der Waals surface area contributed by atoms with E-state index in [0.717, 1.165) is 59.8 Å². The minimum absolute atomic E-state index is 0. The van der Waals surface area contributed by atoms with E-state index in [1.165, 1.54) is 27.6 Å². The van der Waals surface area contributed by atoms with E-state index in [0.29, 0.717) is 96.6 Å². The molecule has 7 N–H and O–H groups in total. The molecule has 576 valence electrons. The zero-order valence-electron chi connectivity index (χ0n) is 62.0. The molecule has 0 bridgehead atoms. The second-order valence-electron chi connectivity index (χ2n) is 26.9. The van der Waals surface area contributed by atoms with E-state index < -0.39 is 30.3 Å². The lowest BCUT2D eigenvalue weighted by molar-refractivity contribution is -0.124. The zero-order chi connectivity index (χ0) is 75.4. The monoisotopic (exact) mass is 1650 g/mol. The van der Waals surface area contributed by atoms with Crippen LogP contribution in [0, 0.1) is 0 Å². The SMILES string of the molecule is CC(C)c1nc(CN(C)C(=O)N[C@@H](CCNC(=O)N2CCOCC2)C(=O)N[C@H](CC[C@H](Cc2ccccc2)NC(=O)OCc2cncs2)Cc2ccccc2)cs1.CCC[C@H](NC(=O)N(C)Cc1csc(C(C)C)n1)C(=O)N[C@H](CC[C@H](Cc1ccccc1)NC(=O)OCc1cncs1)Cc1ccccc1.I. The van der Waals surface area contributed by atoms with Crippen molar-refractivity contribution in [1.29, 1.82) is 0 Å². The van der Waals surface area contributed by atoms with Crippen LogP contribution >= 0.6 is 69.3 Å². The normalized spacial score (nSPS) is 13.5. The summed E-state index contributed by atoms with van der Waals surface area (Å²) in [6.45, 7) is 13.3. The van der Waals surface area contributed by atoms with Gasteiger partial charge in [0.15, 0.2) is 0 Å². The number of rotatable bonds is 37. The Morgan fingerprint density at radius 1 is 0.495 bits per heavy atom. The number of nitrogens with zero attached hydrogens (tertiary/aromatic N) is 7. The van der Waals surface area contributed by atoms with Crippen LogP contribution in [-0.4, -0.2) is 160 Å². The minimum Gasteiger partial charge on any atom is -0.444 e. The number of carbonyl (C=O) groups is 7. The molecule has 8 aromatic rings. The number of halogens is 1. The molecule has 5 heterocycles. The third-order valence-electron chi connectivity index (χ3n) is 17.5. The molecule has 1 aliphatic rings. The van der Waals surface area contributed by atoms with Crippen LogP contribution < -0.4 is 37.2 Å². The topological polar surface area (TPSA) is 293 Å². The van der Waals surface area contributed by atoms with Gasteiger partial charge in [0.1, 0.15) is 25.3 Å². The van der Waals surface area contributed by atoms with Gasteiger partial charge in [0.25, 0.3) is 0 Å². The van der Waals surface area contributed by atoms with Crippen molar-refractivity contribution in [2.75, 3.05) is 46.9 Å². The van der Waals surface area contributed by atoms with Gasteiger partial charge in [-0.1, -0.05) is 162 Å². The number of urea groups is 3. The first kappa shape index (κ1) is 85.6. The number of hydrogen-bond acceptors (Lipinski definition) is 18. The number of carbonyl (C=O) groups excluding carboxylic acids is 7. The van der Waals surface area contributed by atoms with Crippen molar-refractivity contribution in [3.05, 3.63) is 209 Å². The highest BCUT2D eigenvalue weighted by Crippen LogP contribution is 2.23. The van der Waals surface area contributed by atoms with Gasteiger partial charge in [0.2, 0.25) is 11.8 Å². The summed E-state index contributed by atoms with van der Waals surface area (Å²) < 4.78 is 16.4. The Kier molecular flexibility index (Phi) is 37.3. The van der Waals surface area contributed by atoms with Gasteiger partial charge in [0.05, 0.1) is 68.5 Å². The molecule has 0 radical (unpaired) electrons. The van der Waals surface area contributed by atoms with Crippen molar-refractivity contribution < 1.29 is 47.8 Å². The van der Waals surface area contributed by atoms with E-state index in [9.17, 15) is 33.6 Å². The van der Waals surface area contributed by atoms with E-state index in [2.05, 4.69) is 84.8 Å². The highest BCUT2D eigenvalue weighted by Gasteiger charge is 2.30. The van der Waals surface area contributed by atoms with Crippen molar-refractivity contribution in [2.24, 2.45) is 0 Å². The maximum Gasteiger partial charge on any atom is 0.407 e. The Hall–Kier alpha value is -8.62. The van der Waals surface area contributed by atoms with Crippen LogP contribution in [0.5, 0.6) is 0 Å². The maximum absolute atomic E-state index is 14.2. The molecule has 24 nitrogen and oxygen atoms in total. The number of alkyl carbamates (subject to hydrolysis) is 2. The van der Waals surface area contributed by atoms with Gasteiger partial charge in [0, 0.05) is 92.9 Å². The average Bonchev–Trinajstić information content (AvgIpc) is 1.79. The van der Waals surface area contributed by atoms with Gasteiger partial charge in [-0.3, -0.25) is 19.6 Å². The van der Waals surface area contributed by atoms with E-state index >= 15 is 0 Å². The van der Waals surface area contributed by atoms with Crippen LogP contribution in [0.3, 0.4) is 0 Å². The molecule has 107 heavy (non-hydrogen) atoms. The molecule has 0 saturated carbocycles. The zero-order valence-corrected chi connectivity index (χ0v) is 67.6. The maximum atomic E-state index is 14.2. The van der Waals surface area contributed by atoms with Crippen molar-refractivity contribution in [2.45, 2.75) is 180 Å². The highest BCUT2D eigenvalue weighted by atomic mass is 127. The number of amides is 10. The summed E-state index contributed by atoms with van der Waals surface area (Å²) in [5.41, 5.74) is 9.26. The molecule has 4 aromatic carbocycles. The number of thiazole rings is 4. The molecule has 1 aliphatic heterocycles. The standard InChI is InChI=1S/C41H54N8O6S2.C37H48N6O4S2.HI/c1-29(2)38-45-34(27-56-38)25-48(3)40(52)47-36(16-17-43-39(51)49-18-20-54-21-19-49)37(50)44-32(22-30-10-6-4-7-11-30)14-15-33(23-31-12-8-5-9-13-31)46-41(53)55-26-35-24-42-28-57-35;1-5-12-33(42-36(45)43(4)22-31-24-48-35(40-31)26(2)3)34(44)39-29(19-27-13-8-6-9-14-27)17-18-30(20-28-15-10-7-11-16-28)41-37(46)47-23-32-21-38-25-49-32;/h4-13,24,27-29,32-33,36H,14-23,25-26H2,1-3H3,(H,43,51)(H,44,50)(H,46,53)(H,47,52);6-11,13-16,21,24-26,29-30,33H,5,12,17-20,22-23H2,1-4H3,(H,39,44)(H,41,46)(H,42,45);1H/t32-,33-,36+;29-,30-,33+;/m11./s1. The summed E-state index contributed by atoms with van der Waals surface area (Å²) >= 11 is 5.99. The predicted molar refractivity (Wildman–Crippen MR) is 432 cm³/mol. The van der Waals surface area contributed by atoms with Crippen LogP contribution in [0.1, 0.15) is 145 Å². The minimum atomic E-state index is -0.954. The quantitative estimate of drug-likeness (QED) is 0.0178. The fourth-order valence-electron chi connectivity index (χ4n) is 11.7. The van der Waals surface area contributed by atoms with Crippen LogP contribution in [0.15, 0.2) is 156 Å². The first-order valence-corrected chi connectivity index (χ1v) is 39.7. The Morgan fingerprint density at radius 3 is 1.20 bits per heavy atom. The van der Waals surface area contributed by atoms with Crippen molar-refractivity contribution in [3.8, 4) is 0 Å². The van der Waals surface area contributed by atoms with Crippen LogP contribution in [-0.2, 0) is 75.8 Å². The molecule has 10 amide bonds. The van der Waals surface area contributed by atoms with E-state index in [4.69, 9.17) is 14.2 Å². The Labute approximate surface area is 661 Å². The van der Waals surface area contributed by atoms with Gasteiger partial charge in [-0.2, -0.15) is 0 Å². The lowest BCUT2D eigenvalue weighted by atomic mass is 9.95. The fourth-order valence-corrected chi connectivity index (χ4v) is 14.4. The summed E-state index contributed by atoms with van der Waals surface area (Å²) in [7, 11) is 3.38. The second-order valence-corrected chi connectivity index (χ2v) is 30.6. The Bertz CT molecular complexity index is 3900. The molecular weight excluding hydrogens is 1550 g/mol. The molecule has 29 heteroatoms. The lowest BCUT2D eigenvalue weighted by Crippen LogP contribution is -2.54. The number of benzene rings is 4. The predicted octanol–water partition coefficient (Wildman–Crippen LogP) is 13.4. The van der Waals surface area contributed by atoms with Gasteiger partial charge in [-0.05, 0) is 86.5 Å². The number of morpholine rings is 1. The first-order valence-electron chi connectivity index (χ1n) is 36.2. The fraction of sp³-hybridized carbons (Fsp3) is 0.449. The molecule has 4 aromatic heterocycles. The van der Waals surface area contributed by atoms with E-state index in [1.807, 2.05) is 139 Å². The molecule has 0 unspecified atom stereocenters. The Morgan fingerprint density at radius 2 is 0.860 bits per heavy atom. The molecule has 9 rings (SSSR count). The molecular formula is C78H103IN14O10S4. The van der Waals surface area contributed by atoms with E-state index in [1.54, 1.807) is 70.0 Å². The molecule has 6 atom stereocenters. The molecule has 1 saturated heterocycles. The van der Waals surface area contributed by atoms with Crippen molar-refractivity contribution in [1.82, 2.24) is 71.9 Å². The third kappa shape index (κ3) is 31.2. The first-order chi connectivity index (χ1) is 51.3. The van der Waals surface area contributed by atoms with Gasteiger partial charge in [-0.25, -0.2) is 33.9 Å². The van der Waals surface area contributed by atoms with Gasteiger partial charge >= 0.3 is 30.3 Å². The molecule has 0 aliphatic carbocycles. The van der Waals surface area contributed by atoms with E-state index in [-0.39, 0.29) is 111 Å². The third-order valence-corrected chi connectivity index (χ3v) is 21.3. The Balaban J connectivity index is 0.000000299. The lowest BCUT2D eigenvalue weighted by Gasteiger charge is -2.28. The summed E-state index contributed by atoms with van der Waals surface area (Å²) in [5, 5.41) is 27.3. The van der Waals surface area contributed by atoms with Crippen LogP contribution in [0.25, 0.3) is 0 Å². The molecule has 1 fully saturated rings. The number of nitrogens with one attached hydrogen (secondary N) is 7.